The number of hydrogen-bond donors (Lipinski definition) is 1. The first-order chi connectivity index (χ1) is 9.21. The Kier molecular flexibility index (Phi) is 1.90. The van der Waals surface area contributed by atoms with Gasteiger partial charge in [-0.15, -0.1) is 0 Å². The van der Waals surface area contributed by atoms with Gasteiger partial charge in [-0.3, -0.25) is 0 Å². The zero-order valence-corrected chi connectivity index (χ0v) is 10.2. The minimum absolute atomic E-state index is 0.0203. The van der Waals surface area contributed by atoms with Crippen molar-refractivity contribution in [3.63, 3.8) is 0 Å². The number of nitrogens with two attached hydrogens (primary N) is 1. The minimum atomic E-state index is -0.0203. The molecule has 0 atom stereocenters. The number of anilines is 1. The largest absolute Gasteiger partial charge is 0.490 e. The highest BCUT2D eigenvalue weighted by molar-refractivity contribution is 5.86. The third-order valence-corrected chi connectivity index (χ3v) is 3.81. The first kappa shape index (κ1) is 10.6. The Balaban J connectivity index is 1.97. The Bertz CT molecular complexity index is 724. The molecule has 96 valence electrons. The van der Waals surface area contributed by atoms with E-state index in [4.69, 9.17) is 20.5 Å². The van der Waals surface area contributed by atoms with Crippen molar-refractivity contribution >= 4 is 17.0 Å². The summed E-state index contributed by atoms with van der Waals surface area (Å²) in [5.74, 6) is 1.14. The van der Waals surface area contributed by atoms with Gasteiger partial charge in [0.05, 0.1) is 35.8 Å². The fourth-order valence-electron chi connectivity index (χ4n) is 2.76. The monoisotopic (exact) mass is 256 g/mol. The minimum Gasteiger partial charge on any atom is -0.490 e. The molecule has 19 heavy (non-hydrogen) atoms. The van der Waals surface area contributed by atoms with Crippen molar-refractivity contribution < 1.29 is 9.47 Å². The summed E-state index contributed by atoms with van der Waals surface area (Å²) >= 11 is 0. The number of rotatable bonds is 0. The smallest absolute Gasteiger partial charge is 0.201 e. The van der Waals surface area contributed by atoms with Crippen molar-refractivity contribution in [1.29, 1.82) is 5.26 Å². The highest BCUT2D eigenvalue weighted by Crippen LogP contribution is 2.39. The summed E-state index contributed by atoms with van der Waals surface area (Å²) < 4.78 is 13.2. The first-order valence-electron chi connectivity index (χ1n) is 6.11. The molecule has 0 bridgehead atoms. The third kappa shape index (κ3) is 1.36. The number of hydrogen-bond acceptors (Lipinski definition) is 5. The van der Waals surface area contributed by atoms with Crippen LogP contribution in [0.25, 0.3) is 11.0 Å². The molecular formula is C13H12N4O2. The van der Waals surface area contributed by atoms with E-state index < -0.39 is 0 Å². The molecule has 6 nitrogen and oxygen atoms in total. The molecule has 1 aromatic carbocycles. The Morgan fingerprint density at radius 1 is 1.37 bits per heavy atom. The second-order valence-corrected chi connectivity index (χ2v) is 5.29. The lowest BCUT2D eigenvalue weighted by Crippen LogP contribution is -2.49. The average Bonchev–Trinajstić information content (AvgIpc) is 2.57. The molecule has 6 heteroatoms. The molecule has 0 radical (unpaired) electrons. The predicted molar refractivity (Wildman–Crippen MR) is 67.6 cm³/mol. The average molecular weight is 256 g/mol. The van der Waals surface area contributed by atoms with E-state index >= 15 is 0 Å². The fourth-order valence-corrected chi connectivity index (χ4v) is 2.76. The van der Waals surface area contributed by atoms with Crippen molar-refractivity contribution in [1.82, 2.24) is 9.55 Å². The van der Waals surface area contributed by atoms with Gasteiger partial charge in [0.2, 0.25) is 5.95 Å². The first-order valence-corrected chi connectivity index (χ1v) is 6.11. The molecule has 0 unspecified atom stereocenters. The van der Waals surface area contributed by atoms with E-state index in [1.165, 1.54) is 0 Å². The lowest BCUT2D eigenvalue weighted by atomic mass is 9.87. The Hall–Kier alpha value is -2.26. The van der Waals surface area contributed by atoms with Crippen LogP contribution in [-0.2, 0) is 11.3 Å². The van der Waals surface area contributed by atoms with Crippen LogP contribution in [0, 0.1) is 16.7 Å². The standard InChI is InChI=1S/C13H12N4O2/c14-3-8-1-9-11-10(2-8)19-7-13(5-18-6-13)4-17(11)12(15)16-9/h1-2H,4-7H2,(H2,15,16). The number of imidazole rings is 1. The van der Waals surface area contributed by atoms with Gasteiger partial charge in [0.25, 0.3) is 0 Å². The predicted octanol–water partition coefficient (Wildman–Crippen LogP) is 0.899. The van der Waals surface area contributed by atoms with E-state index in [-0.39, 0.29) is 5.41 Å². The molecule has 2 aromatic rings. The summed E-state index contributed by atoms with van der Waals surface area (Å²) in [4.78, 5) is 4.33. The molecule has 1 spiro atoms. The van der Waals surface area contributed by atoms with E-state index in [1.54, 1.807) is 12.1 Å². The summed E-state index contributed by atoms with van der Waals surface area (Å²) in [6.45, 7) is 2.67. The van der Waals surface area contributed by atoms with Gasteiger partial charge >= 0.3 is 0 Å². The molecule has 1 aromatic heterocycles. The number of benzene rings is 1. The van der Waals surface area contributed by atoms with Gasteiger partial charge < -0.3 is 19.8 Å². The summed E-state index contributed by atoms with van der Waals surface area (Å²) in [6, 6.07) is 5.61. The molecule has 0 aliphatic carbocycles. The lowest BCUT2D eigenvalue weighted by molar-refractivity contribution is -0.137. The van der Waals surface area contributed by atoms with Gasteiger partial charge in [0, 0.05) is 12.6 Å². The van der Waals surface area contributed by atoms with Crippen molar-refractivity contribution in [2.24, 2.45) is 5.41 Å². The molecule has 2 aliphatic heterocycles. The van der Waals surface area contributed by atoms with Crippen molar-refractivity contribution in [3.05, 3.63) is 17.7 Å². The van der Waals surface area contributed by atoms with Gasteiger partial charge in [0.1, 0.15) is 17.9 Å². The van der Waals surface area contributed by atoms with Crippen LogP contribution in [0.2, 0.25) is 0 Å². The van der Waals surface area contributed by atoms with Crippen LogP contribution in [0.1, 0.15) is 5.56 Å². The number of ether oxygens (including phenoxy) is 2. The highest BCUT2D eigenvalue weighted by Gasteiger charge is 2.42. The molecule has 3 heterocycles. The van der Waals surface area contributed by atoms with Crippen LogP contribution in [0.3, 0.4) is 0 Å². The van der Waals surface area contributed by atoms with E-state index in [9.17, 15) is 0 Å². The zero-order valence-electron chi connectivity index (χ0n) is 10.2. The summed E-state index contributed by atoms with van der Waals surface area (Å²) in [5.41, 5.74) is 8.10. The maximum atomic E-state index is 9.05. The second kappa shape index (κ2) is 3.39. The maximum absolute atomic E-state index is 9.05. The van der Waals surface area contributed by atoms with Crippen molar-refractivity contribution in [2.75, 3.05) is 25.6 Å². The van der Waals surface area contributed by atoms with E-state index in [2.05, 4.69) is 11.1 Å². The highest BCUT2D eigenvalue weighted by atomic mass is 16.5. The molecule has 0 saturated carbocycles. The summed E-state index contributed by atoms with van der Waals surface area (Å²) in [7, 11) is 0. The van der Waals surface area contributed by atoms with E-state index in [0.29, 0.717) is 42.6 Å². The van der Waals surface area contributed by atoms with Crippen LogP contribution in [0.5, 0.6) is 5.75 Å². The Morgan fingerprint density at radius 2 is 2.21 bits per heavy atom. The van der Waals surface area contributed by atoms with Gasteiger partial charge in [-0.2, -0.15) is 5.26 Å². The van der Waals surface area contributed by atoms with Crippen LogP contribution in [-0.4, -0.2) is 29.4 Å². The molecule has 0 amide bonds. The Labute approximate surface area is 109 Å². The second-order valence-electron chi connectivity index (χ2n) is 5.29. The Morgan fingerprint density at radius 3 is 2.89 bits per heavy atom. The van der Waals surface area contributed by atoms with Gasteiger partial charge in [-0.05, 0) is 6.07 Å². The topological polar surface area (TPSA) is 86.1 Å². The zero-order chi connectivity index (χ0) is 13.0. The van der Waals surface area contributed by atoms with E-state index in [0.717, 1.165) is 12.1 Å². The van der Waals surface area contributed by atoms with Gasteiger partial charge in [0.15, 0.2) is 0 Å². The van der Waals surface area contributed by atoms with Gasteiger partial charge in [-0.1, -0.05) is 0 Å². The van der Waals surface area contributed by atoms with Crippen molar-refractivity contribution in [2.45, 2.75) is 6.54 Å². The van der Waals surface area contributed by atoms with E-state index in [1.807, 2.05) is 4.57 Å². The fraction of sp³-hybridized carbons (Fsp3) is 0.385. The molecule has 4 rings (SSSR count). The normalized spacial score (nSPS) is 19.5. The number of nitrogen functional groups attached to an aromatic ring is 1. The number of nitriles is 1. The lowest BCUT2D eigenvalue weighted by Gasteiger charge is -2.40. The summed E-state index contributed by atoms with van der Waals surface area (Å²) in [5, 5.41) is 9.05. The quantitative estimate of drug-likeness (QED) is 0.756. The van der Waals surface area contributed by atoms with Crippen LogP contribution < -0.4 is 10.5 Å². The SMILES string of the molecule is N#Cc1cc2c3c(c1)nc(N)n3CC1(COC1)CO2. The molecule has 2 N–H and O–H groups in total. The maximum Gasteiger partial charge on any atom is 0.201 e. The molecular weight excluding hydrogens is 244 g/mol. The molecule has 1 saturated heterocycles. The molecule has 2 aliphatic rings. The van der Waals surface area contributed by atoms with Gasteiger partial charge in [-0.25, -0.2) is 4.98 Å². The van der Waals surface area contributed by atoms with Crippen LogP contribution >= 0.6 is 0 Å². The van der Waals surface area contributed by atoms with Crippen LogP contribution in [0.4, 0.5) is 5.95 Å². The summed E-state index contributed by atoms with van der Waals surface area (Å²) in [6.07, 6.45) is 0. The number of aromatic nitrogens is 2. The van der Waals surface area contributed by atoms with Crippen molar-refractivity contribution in [3.8, 4) is 11.8 Å². The number of nitrogens with zero attached hydrogens (tertiary/aromatic N) is 3. The van der Waals surface area contributed by atoms with Crippen LogP contribution in [0.15, 0.2) is 12.1 Å². The molecule has 1 fully saturated rings. The third-order valence-electron chi connectivity index (χ3n) is 3.81.